The fourth-order valence-electron chi connectivity index (χ4n) is 1.75. The molecule has 2 nitrogen and oxygen atoms in total. The zero-order valence-corrected chi connectivity index (χ0v) is 9.07. The molecule has 0 saturated carbocycles. The third-order valence-corrected chi connectivity index (χ3v) is 2.47. The minimum absolute atomic E-state index is 0.176. The molecule has 1 aromatic carbocycles. The van der Waals surface area contributed by atoms with E-state index in [9.17, 15) is 13.2 Å². The largest absolute Gasteiger partial charge is 0.573 e. The molecule has 0 spiro atoms. The highest BCUT2D eigenvalue weighted by Gasteiger charge is 2.31. The molecule has 0 atom stereocenters. The molecule has 1 heterocycles. The molecule has 5 heteroatoms. The summed E-state index contributed by atoms with van der Waals surface area (Å²) in [6.07, 6.45) is 0.331. The van der Waals surface area contributed by atoms with Crippen molar-refractivity contribution in [3.63, 3.8) is 0 Å². The molecule has 0 radical (unpaired) electrons. The van der Waals surface area contributed by atoms with Gasteiger partial charge < -0.3 is 9.64 Å². The first kappa shape index (κ1) is 11.8. The van der Waals surface area contributed by atoms with Crippen molar-refractivity contribution < 1.29 is 17.9 Å². The Morgan fingerprint density at radius 1 is 1.18 bits per heavy atom. The van der Waals surface area contributed by atoms with Gasteiger partial charge in [0.15, 0.2) is 0 Å². The molecule has 0 bridgehead atoms. The van der Waals surface area contributed by atoms with E-state index in [4.69, 9.17) is 0 Å². The summed E-state index contributed by atoms with van der Waals surface area (Å²) in [6.45, 7) is 1.53. The Morgan fingerprint density at radius 3 is 2.65 bits per heavy atom. The molecule has 92 valence electrons. The first-order valence-corrected chi connectivity index (χ1v) is 5.30. The number of benzene rings is 1. The molecular weight excluding hydrogens is 231 g/mol. The number of halogens is 3. The Kier molecular flexibility index (Phi) is 3.26. The van der Waals surface area contributed by atoms with Crippen LogP contribution < -0.4 is 9.64 Å². The number of hydrogen-bond donors (Lipinski definition) is 0. The van der Waals surface area contributed by atoms with Gasteiger partial charge in [-0.3, -0.25) is 0 Å². The van der Waals surface area contributed by atoms with Crippen LogP contribution in [0.15, 0.2) is 36.4 Å². The fourth-order valence-corrected chi connectivity index (χ4v) is 1.75. The molecule has 1 aliphatic rings. The molecule has 0 aromatic heterocycles. The van der Waals surface area contributed by atoms with E-state index in [0.717, 1.165) is 25.2 Å². The fraction of sp³-hybridized carbons (Fsp3) is 0.333. The molecule has 1 aromatic rings. The molecule has 2 rings (SSSR count). The van der Waals surface area contributed by atoms with Crippen molar-refractivity contribution >= 4 is 5.69 Å². The van der Waals surface area contributed by atoms with Crippen LogP contribution in [0.1, 0.15) is 6.42 Å². The summed E-state index contributed by atoms with van der Waals surface area (Å²) in [5, 5.41) is 0. The Balaban J connectivity index is 2.13. The maximum atomic E-state index is 12.1. The van der Waals surface area contributed by atoms with Gasteiger partial charge in [0, 0.05) is 24.8 Å². The van der Waals surface area contributed by atoms with E-state index in [2.05, 4.69) is 10.8 Å². The lowest BCUT2D eigenvalue weighted by Gasteiger charge is -2.26. The average molecular weight is 243 g/mol. The molecule has 0 saturated heterocycles. The van der Waals surface area contributed by atoms with Crippen LogP contribution in [-0.4, -0.2) is 19.5 Å². The topological polar surface area (TPSA) is 12.5 Å². The number of hydrogen-bond acceptors (Lipinski definition) is 2. The second-order valence-corrected chi connectivity index (χ2v) is 3.75. The second kappa shape index (κ2) is 4.69. The number of anilines is 1. The van der Waals surface area contributed by atoms with Crippen molar-refractivity contribution in [2.24, 2.45) is 0 Å². The zero-order valence-electron chi connectivity index (χ0n) is 9.07. The van der Waals surface area contributed by atoms with Crippen LogP contribution in [0, 0.1) is 0 Å². The van der Waals surface area contributed by atoms with Crippen molar-refractivity contribution in [3.8, 4) is 5.75 Å². The van der Waals surface area contributed by atoms with Gasteiger partial charge in [0.1, 0.15) is 5.75 Å². The first-order valence-electron chi connectivity index (χ1n) is 5.30. The van der Waals surface area contributed by atoms with Crippen LogP contribution >= 0.6 is 0 Å². The summed E-state index contributed by atoms with van der Waals surface area (Å²) >= 11 is 0. The molecule has 1 aliphatic heterocycles. The summed E-state index contributed by atoms with van der Waals surface area (Å²) in [5.41, 5.74) is 0.746. The van der Waals surface area contributed by atoms with E-state index in [-0.39, 0.29) is 5.75 Å². The summed E-state index contributed by atoms with van der Waals surface area (Å²) < 4.78 is 40.1. The van der Waals surface area contributed by atoms with Gasteiger partial charge in [-0.05, 0) is 18.6 Å². The van der Waals surface area contributed by atoms with Crippen LogP contribution in [-0.2, 0) is 0 Å². The van der Waals surface area contributed by atoms with Crippen LogP contribution in [0.2, 0.25) is 0 Å². The molecule has 0 aliphatic carbocycles. The highest BCUT2D eigenvalue weighted by atomic mass is 19.4. The molecular formula is C12H12F3NO. The molecule has 0 unspecified atom stereocenters. The summed E-state index contributed by atoms with van der Waals surface area (Å²) in [6, 6.07) is 6.06. The maximum absolute atomic E-state index is 12.1. The van der Waals surface area contributed by atoms with Gasteiger partial charge in [-0.2, -0.15) is 0 Å². The normalized spacial score (nSPS) is 16.1. The third kappa shape index (κ3) is 3.41. The van der Waals surface area contributed by atoms with Crippen molar-refractivity contribution in [2.75, 3.05) is 18.0 Å². The molecule has 17 heavy (non-hydrogen) atoms. The van der Waals surface area contributed by atoms with E-state index in [1.165, 1.54) is 12.1 Å². The van der Waals surface area contributed by atoms with Crippen molar-refractivity contribution in [1.82, 2.24) is 0 Å². The molecule has 0 amide bonds. The number of ether oxygens (including phenoxy) is 1. The summed E-state index contributed by atoms with van der Waals surface area (Å²) in [7, 11) is 0. The van der Waals surface area contributed by atoms with Gasteiger partial charge in [-0.1, -0.05) is 18.2 Å². The predicted octanol–water partition coefficient (Wildman–Crippen LogP) is 3.35. The van der Waals surface area contributed by atoms with E-state index >= 15 is 0 Å². The van der Waals surface area contributed by atoms with Gasteiger partial charge in [0.25, 0.3) is 0 Å². The Hall–Kier alpha value is -1.65. The smallest absolute Gasteiger partial charge is 0.406 e. The highest BCUT2D eigenvalue weighted by molar-refractivity contribution is 5.51. The third-order valence-electron chi connectivity index (χ3n) is 2.47. The van der Waals surface area contributed by atoms with Crippen molar-refractivity contribution in [3.05, 3.63) is 36.4 Å². The van der Waals surface area contributed by atoms with Crippen LogP contribution in [0.5, 0.6) is 5.75 Å². The van der Waals surface area contributed by atoms with Crippen LogP contribution in [0.3, 0.4) is 0 Å². The Morgan fingerprint density at radius 2 is 2.00 bits per heavy atom. The lowest BCUT2D eigenvalue weighted by atomic mass is 10.2. The first-order chi connectivity index (χ1) is 8.04. The van der Waals surface area contributed by atoms with Gasteiger partial charge in [0.05, 0.1) is 0 Å². The van der Waals surface area contributed by atoms with Gasteiger partial charge in [-0.15, -0.1) is 13.2 Å². The van der Waals surface area contributed by atoms with Crippen molar-refractivity contribution in [1.29, 1.82) is 0 Å². The Bertz CT molecular complexity index is 414. The van der Waals surface area contributed by atoms with E-state index in [1.54, 1.807) is 12.1 Å². The van der Waals surface area contributed by atoms with E-state index in [1.807, 2.05) is 11.0 Å². The van der Waals surface area contributed by atoms with E-state index in [0.29, 0.717) is 0 Å². The number of alkyl halides is 3. The molecule has 0 N–H and O–H groups in total. The quantitative estimate of drug-likeness (QED) is 0.738. The summed E-state index contributed by atoms with van der Waals surface area (Å²) in [4.78, 5) is 2.00. The average Bonchev–Trinajstić information content (AvgIpc) is 2.28. The van der Waals surface area contributed by atoms with E-state index < -0.39 is 6.36 Å². The SMILES string of the molecule is FC(F)(F)Oc1cccc(N2CC=CCC2)c1. The minimum atomic E-state index is -4.64. The highest BCUT2D eigenvalue weighted by Crippen LogP contribution is 2.27. The zero-order chi connectivity index (χ0) is 12.3. The van der Waals surface area contributed by atoms with Crippen LogP contribution in [0.4, 0.5) is 18.9 Å². The summed E-state index contributed by atoms with van der Waals surface area (Å²) in [5.74, 6) is -0.176. The maximum Gasteiger partial charge on any atom is 0.573 e. The predicted molar refractivity (Wildman–Crippen MR) is 59.1 cm³/mol. The number of rotatable bonds is 2. The van der Waals surface area contributed by atoms with Crippen molar-refractivity contribution in [2.45, 2.75) is 12.8 Å². The lowest BCUT2D eigenvalue weighted by Crippen LogP contribution is -2.26. The second-order valence-electron chi connectivity index (χ2n) is 3.75. The van der Waals surface area contributed by atoms with Gasteiger partial charge >= 0.3 is 6.36 Å². The monoisotopic (exact) mass is 243 g/mol. The minimum Gasteiger partial charge on any atom is -0.406 e. The van der Waals surface area contributed by atoms with Gasteiger partial charge in [0.2, 0.25) is 0 Å². The van der Waals surface area contributed by atoms with Crippen LogP contribution in [0.25, 0.3) is 0 Å². The lowest BCUT2D eigenvalue weighted by molar-refractivity contribution is -0.274. The standard InChI is InChI=1S/C12H12F3NO/c13-12(14,15)17-11-6-4-5-10(9-11)16-7-2-1-3-8-16/h1-2,4-6,9H,3,7-8H2. The van der Waals surface area contributed by atoms with Gasteiger partial charge in [-0.25, -0.2) is 0 Å². The number of nitrogens with zero attached hydrogens (tertiary/aromatic N) is 1. The molecule has 0 fully saturated rings. The Labute approximate surface area is 97.3 Å².